The molecule has 5 N–H and O–H groups in total. The van der Waals surface area contributed by atoms with Crippen LogP contribution in [0.4, 0.5) is 0 Å². The Morgan fingerprint density at radius 1 is 1.02 bits per heavy atom. The van der Waals surface area contributed by atoms with Crippen LogP contribution < -0.4 is 22.5 Å². The lowest BCUT2D eigenvalue weighted by Crippen LogP contribution is -2.60. The van der Waals surface area contributed by atoms with Gasteiger partial charge in [-0.05, 0) is 98.9 Å². The maximum Gasteiger partial charge on any atom is 0.459 e. The smallest absolute Gasteiger partial charge is 0.366 e. The van der Waals surface area contributed by atoms with Gasteiger partial charge in [0.2, 0.25) is 17.7 Å². The van der Waals surface area contributed by atoms with Gasteiger partial charge in [-0.15, -0.1) is 0 Å². The van der Waals surface area contributed by atoms with E-state index in [1.54, 1.807) is 33.9 Å². The van der Waals surface area contributed by atoms with Crippen LogP contribution in [0.5, 0.6) is 0 Å². The van der Waals surface area contributed by atoms with Gasteiger partial charge in [-0.1, -0.05) is 12.1 Å². The molecule has 12 heteroatoms. The number of nitrogens with two attached hydrogens (primary N) is 2. The zero-order valence-electron chi connectivity index (χ0n) is 25.1. The van der Waals surface area contributed by atoms with Crippen molar-refractivity contribution in [1.82, 2.24) is 19.9 Å². The van der Waals surface area contributed by atoms with Crippen LogP contribution in [0.15, 0.2) is 45.7 Å². The fourth-order valence-electron chi connectivity index (χ4n) is 8.97. The molecular formula is C33H33N7O5. The third kappa shape index (κ3) is 3.53. The van der Waals surface area contributed by atoms with Crippen LogP contribution in [0.25, 0.3) is 0 Å². The molecule has 3 fully saturated rings. The molecule has 230 valence electrons. The maximum atomic E-state index is 13.7. The predicted molar refractivity (Wildman–Crippen MR) is 159 cm³/mol. The minimum Gasteiger partial charge on any atom is -0.366 e. The molecule has 2 aliphatic heterocycles. The van der Waals surface area contributed by atoms with Gasteiger partial charge in [-0.2, -0.15) is 15.0 Å². The van der Waals surface area contributed by atoms with Crippen molar-refractivity contribution in [2.75, 3.05) is 6.54 Å². The van der Waals surface area contributed by atoms with Crippen molar-refractivity contribution in [3.05, 3.63) is 86.2 Å². The molecule has 1 spiro atoms. The summed E-state index contributed by atoms with van der Waals surface area (Å²) in [6.45, 7) is 3.87. The molecule has 5 aliphatic rings. The molecule has 1 aromatic heterocycles. The number of carbonyl (C=O) groups is 3. The first-order valence-electron chi connectivity index (χ1n) is 15.3. The Morgan fingerprint density at radius 3 is 2.18 bits per heavy atom. The molecule has 3 heterocycles. The summed E-state index contributed by atoms with van der Waals surface area (Å²) in [7, 11) is 0. The molecule has 1 saturated heterocycles. The summed E-state index contributed by atoms with van der Waals surface area (Å²) in [4.78, 5) is 57.3. The van der Waals surface area contributed by atoms with Crippen molar-refractivity contribution in [2.45, 2.75) is 80.9 Å². The van der Waals surface area contributed by atoms with Crippen molar-refractivity contribution in [3.8, 4) is 6.07 Å². The van der Waals surface area contributed by atoms with Crippen LogP contribution >= 0.6 is 0 Å². The summed E-state index contributed by atoms with van der Waals surface area (Å²) in [5.74, 6) is -1.58. The lowest BCUT2D eigenvalue weighted by Gasteiger charge is -2.48. The fraction of sp³-hybridized carbons (Fsp3) is 0.455. The van der Waals surface area contributed by atoms with Gasteiger partial charge >= 0.3 is 5.76 Å². The monoisotopic (exact) mass is 607 g/mol. The Bertz CT molecular complexity index is 1890. The molecule has 3 aromatic rings. The number of aromatic nitrogens is 2. The molecule has 2 atom stereocenters. The van der Waals surface area contributed by atoms with Crippen LogP contribution in [0, 0.1) is 16.7 Å². The number of amides is 3. The molecule has 2 saturated carbocycles. The highest BCUT2D eigenvalue weighted by molar-refractivity contribution is 5.94. The number of primary amides is 2. The van der Waals surface area contributed by atoms with Crippen molar-refractivity contribution < 1.29 is 18.9 Å². The number of benzene rings is 2. The van der Waals surface area contributed by atoms with Gasteiger partial charge in [0, 0.05) is 22.6 Å². The molecule has 12 nitrogen and oxygen atoms in total. The van der Waals surface area contributed by atoms with Crippen molar-refractivity contribution in [1.29, 1.82) is 5.26 Å². The van der Waals surface area contributed by atoms with Crippen LogP contribution in [0.1, 0.15) is 88.3 Å². The standard InChI is InChI=1S/C33H33N7O5/c1-30(2)24(37-14-25(41)39-21(13-34)11-31-15-32(31,39)16-31)12-33(28-38-29(44)45-40(28)30)22-7-5-19(26(35)42)9-17(22)3-4-18-10-20(27(36)43)6-8-23(18)33/h5-10,21,24,37H,3-4,11-12,14-16H2,1-2H3,(H2,35,42)(H2,36,43)/t21?,24-,31?,32?/m0/s1. The molecule has 0 radical (unpaired) electrons. The Hall–Kier alpha value is -4.76. The topological polar surface area (TPSA) is 190 Å². The maximum absolute atomic E-state index is 13.7. The first kappa shape index (κ1) is 27.8. The van der Waals surface area contributed by atoms with Crippen LogP contribution in [0.3, 0.4) is 0 Å². The Morgan fingerprint density at radius 2 is 1.62 bits per heavy atom. The number of nitrogens with zero attached hydrogens (tertiary/aromatic N) is 4. The van der Waals surface area contributed by atoms with Gasteiger partial charge in [-0.25, -0.2) is 4.79 Å². The Labute approximate surface area is 258 Å². The first-order valence-corrected chi connectivity index (χ1v) is 15.3. The van der Waals surface area contributed by atoms with Gasteiger partial charge in [0.15, 0.2) is 5.82 Å². The lowest BCUT2D eigenvalue weighted by atomic mass is 9.63. The second-order valence-corrected chi connectivity index (χ2v) is 14.0. The molecule has 0 bridgehead atoms. The summed E-state index contributed by atoms with van der Waals surface area (Å²) in [5.41, 5.74) is 13.5. The predicted octanol–water partition coefficient (Wildman–Crippen LogP) is 1.22. The van der Waals surface area contributed by atoms with E-state index in [9.17, 15) is 24.4 Å². The van der Waals surface area contributed by atoms with Crippen LogP contribution in [-0.2, 0) is 28.6 Å². The number of nitrogens with one attached hydrogen (secondary N) is 1. The zero-order chi connectivity index (χ0) is 31.7. The number of fused-ring (bicyclic) bond motifs is 6. The van der Waals surface area contributed by atoms with E-state index >= 15 is 0 Å². The summed E-state index contributed by atoms with van der Waals surface area (Å²) >= 11 is 0. The highest BCUT2D eigenvalue weighted by atomic mass is 16.5. The zero-order valence-corrected chi connectivity index (χ0v) is 25.1. The second kappa shape index (κ2) is 8.69. The molecular weight excluding hydrogens is 574 g/mol. The lowest BCUT2D eigenvalue weighted by molar-refractivity contribution is -0.133. The van der Waals surface area contributed by atoms with E-state index in [-0.39, 0.29) is 23.4 Å². The van der Waals surface area contributed by atoms with E-state index in [1.807, 2.05) is 26.0 Å². The first-order chi connectivity index (χ1) is 21.4. The average Bonchev–Trinajstić information content (AvgIpc) is 3.68. The van der Waals surface area contributed by atoms with Crippen molar-refractivity contribution in [3.63, 3.8) is 0 Å². The minimum absolute atomic E-state index is 0.00932. The molecule has 3 amide bonds. The molecule has 2 aromatic carbocycles. The number of piperidine rings is 2. The van der Waals surface area contributed by atoms with Gasteiger partial charge in [0.05, 0.1) is 29.1 Å². The quantitative estimate of drug-likeness (QED) is 0.386. The van der Waals surface area contributed by atoms with E-state index in [1.165, 1.54) is 0 Å². The third-order valence-electron chi connectivity index (χ3n) is 11.5. The fourth-order valence-corrected chi connectivity index (χ4v) is 8.97. The number of likely N-dealkylation sites (tertiary alicyclic amines) is 1. The Balaban J connectivity index is 1.27. The van der Waals surface area contributed by atoms with Gasteiger partial charge in [0.1, 0.15) is 6.04 Å². The molecule has 8 rings (SSSR count). The third-order valence-corrected chi connectivity index (χ3v) is 11.5. The summed E-state index contributed by atoms with van der Waals surface area (Å²) in [6, 6.07) is 12.1. The summed E-state index contributed by atoms with van der Waals surface area (Å²) in [6.07, 6.45) is 4.12. The number of aryl methyl sites for hydroxylation is 2. The number of hydrogen-bond acceptors (Lipinski definition) is 8. The highest BCUT2D eigenvalue weighted by Crippen LogP contribution is 2.87. The summed E-state index contributed by atoms with van der Waals surface area (Å²) in [5, 5.41) is 13.3. The highest BCUT2D eigenvalue weighted by Gasteiger charge is 2.90. The van der Waals surface area contributed by atoms with Crippen molar-refractivity contribution in [2.24, 2.45) is 16.9 Å². The minimum atomic E-state index is -1.06. The number of carbonyl (C=O) groups excluding carboxylic acids is 3. The van der Waals surface area contributed by atoms with Crippen LogP contribution in [0.2, 0.25) is 0 Å². The second-order valence-electron chi connectivity index (χ2n) is 14.0. The Kier molecular flexibility index (Phi) is 5.36. The molecule has 45 heavy (non-hydrogen) atoms. The average molecular weight is 608 g/mol. The van der Waals surface area contributed by atoms with Gasteiger partial charge in [-0.3, -0.25) is 14.4 Å². The van der Waals surface area contributed by atoms with E-state index in [2.05, 4.69) is 16.4 Å². The molecule has 1 unspecified atom stereocenters. The molecule has 3 aliphatic carbocycles. The van der Waals surface area contributed by atoms with Crippen LogP contribution in [-0.4, -0.2) is 56.5 Å². The summed E-state index contributed by atoms with van der Waals surface area (Å²) < 4.78 is 7.33. The number of rotatable bonds is 5. The van der Waals surface area contributed by atoms with Gasteiger partial charge < -0.3 is 26.2 Å². The SMILES string of the molecule is CC1(C)[C@@H](NCC(=O)N2C(C#N)CC34CC23C4)CC2(c3ccc(C(N)=O)cc3CCc3cc(C(N)=O)ccc32)c2nc(=O)on21. The van der Waals surface area contributed by atoms with Crippen molar-refractivity contribution >= 4 is 17.7 Å². The number of nitriles is 1. The van der Waals surface area contributed by atoms with E-state index in [0.29, 0.717) is 36.2 Å². The normalized spacial score (nSPS) is 28.9. The number of hydrogen-bond donors (Lipinski definition) is 3. The van der Waals surface area contributed by atoms with E-state index < -0.39 is 40.6 Å². The largest absolute Gasteiger partial charge is 0.459 e. The van der Waals surface area contributed by atoms with E-state index in [4.69, 9.17) is 16.0 Å². The van der Waals surface area contributed by atoms with E-state index in [0.717, 1.165) is 41.5 Å². The van der Waals surface area contributed by atoms with Gasteiger partial charge in [0.25, 0.3) is 0 Å².